The van der Waals surface area contributed by atoms with Gasteiger partial charge in [0.15, 0.2) is 0 Å². The number of likely N-dealkylation sites (tertiary alicyclic amines) is 1. The molecule has 1 aliphatic carbocycles. The summed E-state index contributed by atoms with van der Waals surface area (Å²) in [5.74, 6) is -0.138. The molecule has 2 aromatic carbocycles. The van der Waals surface area contributed by atoms with E-state index in [1.54, 1.807) is 25.2 Å². The van der Waals surface area contributed by atoms with Gasteiger partial charge in [-0.2, -0.15) is 0 Å². The van der Waals surface area contributed by atoms with Crippen LogP contribution in [0.5, 0.6) is 0 Å². The van der Waals surface area contributed by atoms with Gasteiger partial charge < -0.3 is 9.80 Å². The van der Waals surface area contributed by atoms with E-state index in [1.165, 1.54) is 4.90 Å². The van der Waals surface area contributed by atoms with E-state index in [4.69, 9.17) is 23.2 Å². The molecule has 2 amide bonds. The standard InChI is InChI=1S/C25H28Cl2N2O2/c1-24(2)12-21-13-25(3,14-24)15-29(21)23(31)16-5-7-20(8-6-16)28(4)22(30)17-9-18(26)11-19(27)10-17/h5-11,21H,12-15H2,1-4H3. The number of halogens is 2. The van der Waals surface area contributed by atoms with E-state index in [1.807, 2.05) is 24.3 Å². The molecule has 2 fully saturated rings. The highest BCUT2D eigenvalue weighted by Crippen LogP contribution is 2.52. The monoisotopic (exact) mass is 458 g/mol. The fraction of sp³-hybridized carbons (Fsp3) is 0.440. The number of nitrogens with zero attached hydrogens (tertiary/aromatic N) is 2. The van der Waals surface area contributed by atoms with Gasteiger partial charge in [0.25, 0.3) is 11.8 Å². The molecule has 1 aliphatic heterocycles. The van der Waals surface area contributed by atoms with Crippen LogP contribution in [0.3, 0.4) is 0 Å². The van der Waals surface area contributed by atoms with Crippen LogP contribution >= 0.6 is 23.2 Å². The van der Waals surface area contributed by atoms with Gasteiger partial charge in [-0.25, -0.2) is 0 Å². The Morgan fingerprint density at radius 1 is 0.968 bits per heavy atom. The molecule has 2 unspecified atom stereocenters. The highest BCUT2D eigenvalue weighted by Gasteiger charge is 2.51. The Hall–Kier alpha value is -2.04. The van der Waals surface area contributed by atoms with Crippen molar-refractivity contribution < 1.29 is 9.59 Å². The van der Waals surface area contributed by atoms with Crippen molar-refractivity contribution in [3.05, 3.63) is 63.6 Å². The lowest BCUT2D eigenvalue weighted by molar-refractivity contribution is 0.0708. The predicted octanol–water partition coefficient (Wildman–Crippen LogP) is 6.31. The molecule has 1 saturated carbocycles. The number of carbonyl (C=O) groups is 2. The van der Waals surface area contributed by atoms with Gasteiger partial charge in [0.05, 0.1) is 0 Å². The van der Waals surface area contributed by atoms with Crippen LogP contribution in [0, 0.1) is 10.8 Å². The van der Waals surface area contributed by atoms with Crippen molar-refractivity contribution in [1.29, 1.82) is 0 Å². The number of anilines is 1. The Morgan fingerprint density at radius 2 is 1.58 bits per heavy atom. The topological polar surface area (TPSA) is 40.6 Å². The Bertz CT molecular complexity index is 1010. The lowest BCUT2D eigenvalue weighted by Crippen LogP contribution is -2.37. The second-order valence-electron chi connectivity index (χ2n) is 10.2. The Labute approximate surface area is 194 Å². The van der Waals surface area contributed by atoms with Crippen molar-refractivity contribution in [2.45, 2.75) is 46.1 Å². The smallest absolute Gasteiger partial charge is 0.258 e. The quantitative estimate of drug-likeness (QED) is 0.540. The molecular formula is C25H28Cl2N2O2. The molecule has 0 radical (unpaired) electrons. The van der Waals surface area contributed by atoms with Crippen LogP contribution in [0.2, 0.25) is 10.0 Å². The highest BCUT2D eigenvalue weighted by atomic mass is 35.5. The van der Waals surface area contributed by atoms with Gasteiger partial charge in [-0.1, -0.05) is 44.0 Å². The van der Waals surface area contributed by atoms with Crippen molar-refractivity contribution in [2.24, 2.45) is 10.8 Å². The molecule has 0 aromatic heterocycles. The number of benzene rings is 2. The number of carbonyl (C=O) groups excluding carboxylic acids is 2. The summed E-state index contributed by atoms with van der Waals surface area (Å²) in [6.45, 7) is 7.73. The summed E-state index contributed by atoms with van der Waals surface area (Å²) < 4.78 is 0. The first-order valence-electron chi connectivity index (χ1n) is 10.6. The van der Waals surface area contributed by atoms with Crippen molar-refractivity contribution in [2.75, 3.05) is 18.5 Å². The molecule has 2 aliphatic rings. The Balaban J connectivity index is 1.50. The van der Waals surface area contributed by atoms with E-state index >= 15 is 0 Å². The fourth-order valence-electron chi connectivity index (χ4n) is 5.68. The zero-order valence-corrected chi connectivity index (χ0v) is 19.9. The second kappa shape index (κ2) is 7.83. The number of hydrogen-bond acceptors (Lipinski definition) is 2. The first kappa shape index (κ1) is 22.2. The summed E-state index contributed by atoms with van der Waals surface area (Å²) in [5.41, 5.74) is 2.24. The van der Waals surface area contributed by atoms with E-state index in [0.29, 0.717) is 32.9 Å². The van der Waals surface area contributed by atoms with E-state index in [9.17, 15) is 9.59 Å². The molecule has 1 saturated heterocycles. The van der Waals surface area contributed by atoms with Gasteiger partial charge >= 0.3 is 0 Å². The van der Waals surface area contributed by atoms with Crippen LogP contribution < -0.4 is 4.90 Å². The average molecular weight is 459 g/mol. The molecule has 2 aromatic rings. The third-order valence-electron chi connectivity index (χ3n) is 6.59. The van der Waals surface area contributed by atoms with Crippen molar-refractivity contribution >= 4 is 40.7 Å². The zero-order valence-electron chi connectivity index (χ0n) is 18.4. The first-order chi connectivity index (χ1) is 14.5. The zero-order chi connectivity index (χ0) is 22.6. The third-order valence-corrected chi connectivity index (χ3v) is 7.03. The molecule has 0 spiro atoms. The molecule has 4 rings (SSSR count). The summed E-state index contributed by atoms with van der Waals surface area (Å²) in [6.07, 6.45) is 3.28. The Kier molecular flexibility index (Phi) is 5.60. The fourth-order valence-corrected chi connectivity index (χ4v) is 6.21. The number of fused-ring (bicyclic) bond motifs is 2. The van der Waals surface area contributed by atoms with Crippen LogP contribution in [0.25, 0.3) is 0 Å². The number of hydrogen-bond donors (Lipinski definition) is 0. The predicted molar refractivity (Wildman–Crippen MR) is 126 cm³/mol. The lowest BCUT2D eigenvalue weighted by atomic mass is 9.65. The van der Waals surface area contributed by atoms with Crippen molar-refractivity contribution in [1.82, 2.24) is 4.90 Å². The van der Waals surface area contributed by atoms with Crippen molar-refractivity contribution in [3.63, 3.8) is 0 Å². The Morgan fingerprint density at radius 3 is 2.19 bits per heavy atom. The SMILES string of the molecule is CN(C(=O)c1cc(Cl)cc(Cl)c1)c1ccc(C(=O)N2CC3(C)CC2CC(C)(C)C3)cc1. The normalized spacial score (nSPS) is 24.2. The van der Waals surface area contributed by atoms with Gasteiger partial charge in [0, 0.05) is 46.5 Å². The molecular weight excluding hydrogens is 431 g/mol. The first-order valence-corrected chi connectivity index (χ1v) is 11.4. The molecule has 4 nitrogen and oxygen atoms in total. The van der Waals surface area contributed by atoms with E-state index in [-0.39, 0.29) is 22.6 Å². The highest BCUT2D eigenvalue weighted by molar-refractivity contribution is 6.35. The third kappa shape index (κ3) is 4.47. The minimum absolute atomic E-state index is 0.0774. The maximum atomic E-state index is 13.3. The molecule has 2 bridgehead atoms. The summed E-state index contributed by atoms with van der Waals surface area (Å²) in [7, 11) is 1.69. The van der Waals surface area contributed by atoms with Crippen LogP contribution in [-0.2, 0) is 0 Å². The summed E-state index contributed by atoms with van der Waals surface area (Å²) >= 11 is 12.1. The van der Waals surface area contributed by atoms with Crippen molar-refractivity contribution in [3.8, 4) is 0 Å². The minimum Gasteiger partial charge on any atom is -0.335 e. The van der Waals surface area contributed by atoms with Crippen LogP contribution in [0.1, 0.15) is 60.7 Å². The van der Waals surface area contributed by atoms with Crippen LogP contribution in [0.4, 0.5) is 5.69 Å². The van der Waals surface area contributed by atoms with Gasteiger partial charge in [-0.15, -0.1) is 0 Å². The number of amides is 2. The van der Waals surface area contributed by atoms with E-state index in [2.05, 4.69) is 25.7 Å². The minimum atomic E-state index is -0.216. The summed E-state index contributed by atoms with van der Waals surface area (Å²) in [4.78, 5) is 29.7. The van der Waals surface area contributed by atoms with Gasteiger partial charge in [0.2, 0.25) is 0 Å². The second-order valence-corrected chi connectivity index (χ2v) is 11.1. The van der Waals surface area contributed by atoms with Gasteiger partial charge in [0.1, 0.15) is 0 Å². The largest absolute Gasteiger partial charge is 0.335 e. The molecule has 0 N–H and O–H groups in total. The molecule has 164 valence electrons. The maximum absolute atomic E-state index is 13.3. The molecule has 31 heavy (non-hydrogen) atoms. The van der Waals surface area contributed by atoms with Crippen LogP contribution in [-0.4, -0.2) is 36.3 Å². The maximum Gasteiger partial charge on any atom is 0.258 e. The average Bonchev–Trinajstić information content (AvgIpc) is 2.94. The lowest BCUT2D eigenvalue weighted by Gasteiger charge is -2.39. The molecule has 2 atom stereocenters. The van der Waals surface area contributed by atoms with Crippen LogP contribution in [0.15, 0.2) is 42.5 Å². The van der Waals surface area contributed by atoms with Gasteiger partial charge in [-0.05, 0) is 72.6 Å². The van der Waals surface area contributed by atoms with Gasteiger partial charge in [-0.3, -0.25) is 9.59 Å². The molecule has 1 heterocycles. The van der Waals surface area contributed by atoms with E-state index in [0.717, 1.165) is 25.8 Å². The summed E-state index contributed by atoms with van der Waals surface area (Å²) in [5, 5.41) is 0.829. The number of rotatable bonds is 3. The summed E-state index contributed by atoms with van der Waals surface area (Å²) in [6, 6.07) is 12.3. The van der Waals surface area contributed by atoms with E-state index < -0.39 is 0 Å². The molecule has 6 heteroatoms.